The molecule has 0 saturated heterocycles. The van der Waals surface area contributed by atoms with Crippen LogP contribution in [-0.2, 0) is 9.53 Å². The second kappa shape index (κ2) is 8.64. The maximum atomic E-state index is 12.1. The molecule has 3 aromatic carbocycles. The molecule has 4 N–H and O–H groups in total. The monoisotopic (exact) mass is 373 g/mol. The van der Waals surface area contributed by atoms with Crippen molar-refractivity contribution in [2.75, 3.05) is 11.9 Å². The lowest BCUT2D eigenvalue weighted by atomic mass is 10.1. The van der Waals surface area contributed by atoms with Crippen LogP contribution in [0, 0.1) is 5.41 Å². The van der Waals surface area contributed by atoms with Crippen molar-refractivity contribution in [1.82, 2.24) is 0 Å². The zero-order valence-electron chi connectivity index (χ0n) is 15.0. The number of carbonyl (C=O) groups excluding carboxylic acids is 2. The first kappa shape index (κ1) is 18.8. The summed E-state index contributed by atoms with van der Waals surface area (Å²) in [5.41, 5.74) is 8.85. The molecule has 28 heavy (non-hydrogen) atoms. The first-order valence-corrected chi connectivity index (χ1v) is 8.62. The van der Waals surface area contributed by atoms with Crippen LogP contribution >= 0.6 is 0 Å². The van der Waals surface area contributed by atoms with Gasteiger partial charge in [-0.3, -0.25) is 5.41 Å². The van der Waals surface area contributed by atoms with Crippen LogP contribution in [0.25, 0.3) is 11.1 Å². The van der Waals surface area contributed by atoms with Crippen molar-refractivity contribution in [2.45, 2.75) is 0 Å². The average Bonchev–Trinajstić information content (AvgIpc) is 2.73. The van der Waals surface area contributed by atoms with Crippen LogP contribution in [0.15, 0.2) is 78.9 Å². The summed E-state index contributed by atoms with van der Waals surface area (Å²) in [6, 6.07) is 23.6. The van der Waals surface area contributed by atoms with Crippen molar-refractivity contribution in [3.8, 4) is 11.1 Å². The Morgan fingerprint density at radius 1 is 0.857 bits per heavy atom. The molecule has 0 unspecified atom stereocenters. The van der Waals surface area contributed by atoms with Gasteiger partial charge in [0.25, 0.3) is 0 Å². The molecule has 6 heteroatoms. The summed E-state index contributed by atoms with van der Waals surface area (Å²) in [5, 5.41) is 10.3. The van der Waals surface area contributed by atoms with E-state index in [4.69, 9.17) is 15.9 Å². The average molecular weight is 373 g/mol. The third kappa shape index (κ3) is 4.82. The Hall–Kier alpha value is -3.93. The number of ether oxygens (including phenoxy) is 1. The zero-order valence-corrected chi connectivity index (χ0v) is 15.0. The van der Waals surface area contributed by atoms with Crippen LogP contribution in [0.1, 0.15) is 15.9 Å². The maximum Gasteiger partial charge on any atom is 0.345 e. The SMILES string of the molecule is N=C(N)c1cccc(C(=O)OC(=O)CNc2ccc(-c3ccccc3)cc2)c1. The molecular weight excluding hydrogens is 354 g/mol. The molecule has 0 spiro atoms. The van der Waals surface area contributed by atoms with Gasteiger partial charge in [-0.1, -0.05) is 54.6 Å². The molecule has 0 aromatic heterocycles. The summed E-state index contributed by atoms with van der Waals surface area (Å²) in [5.74, 6) is -1.65. The van der Waals surface area contributed by atoms with Gasteiger partial charge in [-0.15, -0.1) is 0 Å². The fraction of sp³-hybridized carbons (Fsp3) is 0.0455. The third-order valence-electron chi connectivity index (χ3n) is 4.04. The molecule has 0 heterocycles. The van der Waals surface area contributed by atoms with Gasteiger partial charge in [0, 0.05) is 11.3 Å². The second-order valence-electron chi connectivity index (χ2n) is 6.05. The number of hydrogen-bond donors (Lipinski definition) is 3. The van der Waals surface area contributed by atoms with Crippen LogP contribution in [-0.4, -0.2) is 24.3 Å². The quantitative estimate of drug-likeness (QED) is 0.266. The van der Waals surface area contributed by atoms with E-state index in [0.717, 1.165) is 16.8 Å². The van der Waals surface area contributed by atoms with Crippen molar-refractivity contribution < 1.29 is 14.3 Å². The summed E-state index contributed by atoms with van der Waals surface area (Å²) in [6.45, 7) is -0.150. The standard InChI is InChI=1S/C22H19N3O3/c23-21(24)17-7-4-8-18(13-17)22(27)28-20(26)14-25-19-11-9-16(10-12-19)15-5-2-1-3-6-15/h1-13,25H,14H2,(H3,23,24). The van der Waals surface area contributed by atoms with E-state index in [9.17, 15) is 9.59 Å². The van der Waals surface area contributed by atoms with E-state index in [-0.39, 0.29) is 17.9 Å². The maximum absolute atomic E-state index is 12.1. The number of hydrogen-bond acceptors (Lipinski definition) is 5. The second-order valence-corrected chi connectivity index (χ2v) is 6.05. The van der Waals surface area contributed by atoms with Crippen LogP contribution < -0.4 is 11.1 Å². The van der Waals surface area contributed by atoms with Crippen molar-refractivity contribution in [2.24, 2.45) is 5.73 Å². The molecule has 0 aliphatic rings. The minimum Gasteiger partial charge on any atom is -0.388 e. The van der Waals surface area contributed by atoms with E-state index in [1.54, 1.807) is 12.1 Å². The Morgan fingerprint density at radius 2 is 1.50 bits per heavy atom. The number of benzene rings is 3. The molecular formula is C22H19N3O3. The van der Waals surface area contributed by atoms with Gasteiger partial charge in [0.2, 0.25) is 0 Å². The Balaban J connectivity index is 1.55. The predicted molar refractivity (Wildman–Crippen MR) is 108 cm³/mol. The van der Waals surface area contributed by atoms with E-state index < -0.39 is 11.9 Å². The minimum atomic E-state index is -0.783. The lowest BCUT2D eigenvalue weighted by molar-refractivity contribution is -0.135. The molecule has 6 nitrogen and oxygen atoms in total. The number of amidine groups is 1. The molecule has 3 aromatic rings. The van der Waals surface area contributed by atoms with E-state index >= 15 is 0 Å². The molecule has 0 radical (unpaired) electrons. The topological polar surface area (TPSA) is 105 Å². The van der Waals surface area contributed by atoms with Crippen LogP contribution in [0.3, 0.4) is 0 Å². The fourth-order valence-electron chi connectivity index (χ4n) is 2.60. The van der Waals surface area contributed by atoms with Crippen LogP contribution in [0.5, 0.6) is 0 Å². The number of nitrogen functional groups attached to an aromatic ring is 1. The van der Waals surface area contributed by atoms with Gasteiger partial charge < -0.3 is 15.8 Å². The predicted octanol–water partition coefficient (Wildman–Crippen LogP) is 3.43. The van der Waals surface area contributed by atoms with E-state index in [0.29, 0.717) is 5.56 Å². The summed E-state index contributed by atoms with van der Waals surface area (Å²) in [7, 11) is 0. The van der Waals surface area contributed by atoms with E-state index in [1.807, 2.05) is 54.6 Å². The Labute approximate surface area is 162 Å². The zero-order chi connectivity index (χ0) is 19.9. The first-order valence-electron chi connectivity index (χ1n) is 8.62. The van der Waals surface area contributed by atoms with Gasteiger partial charge in [0.05, 0.1) is 5.56 Å². The highest BCUT2D eigenvalue weighted by atomic mass is 16.6. The number of carbonyl (C=O) groups is 2. The van der Waals surface area contributed by atoms with Crippen molar-refractivity contribution in [1.29, 1.82) is 5.41 Å². The minimum absolute atomic E-state index is 0.150. The molecule has 0 saturated carbocycles. The Kier molecular flexibility index (Phi) is 5.81. The number of rotatable bonds is 6. The third-order valence-corrected chi connectivity index (χ3v) is 4.04. The lowest BCUT2D eigenvalue weighted by Gasteiger charge is -2.08. The van der Waals surface area contributed by atoms with Crippen LogP contribution in [0.4, 0.5) is 5.69 Å². The van der Waals surface area contributed by atoms with Gasteiger partial charge >= 0.3 is 11.9 Å². The Bertz CT molecular complexity index is 999. The van der Waals surface area contributed by atoms with E-state index in [2.05, 4.69) is 5.32 Å². The number of nitrogens with one attached hydrogen (secondary N) is 2. The van der Waals surface area contributed by atoms with Gasteiger partial charge in [-0.05, 0) is 35.4 Å². The van der Waals surface area contributed by atoms with Gasteiger partial charge in [-0.25, -0.2) is 9.59 Å². The fourth-order valence-corrected chi connectivity index (χ4v) is 2.60. The highest BCUT2D eigenvalue weighted by Gasteiger charge is 2.14. The molecule has 0 aliphatic heterocycles. The molecule has 0 fully saturated rings. The van der Waals surface area contributed by atoms with Gasteiger partial charge in [0.1, 0.15) is 12.4 Å². The largest absolute Gasteiger partial charge is 0.388 e. The highest BCUT2D eigenvalue weighted by molar-refractivity contribution is 6.01. The summed E-state index contributed by atoms with van der Waals surface area (Å²) < 4.78 is 4.83. The number of anilines is 1. The number of esters is 2. The van der Waals surface area contributed by atoms with Gasteiger partial charge in [0.15, 0.2) is 0 Å². The molecule has 0 bridgehead atoms. The molecule has 3 rings (SSSR count). The van der Waals surface area contributed by atoms with Gasteiger partial charge in [-0.2, -0.15) is 0 Å². The summed E-state index contributed by atoms with van der Waals surface area (Å²) in [6.07, 6.45) is 0. The number of nitrogens with two attached hydrogens (primary N) is 1. The lowest BCUT2D eigenvalue weighted by Crippen LogP contribution is -2.21. The van der Waals surface area contributed by atoms with Crippen molar-refractivity contribution in [3.05, 3.63) is 90.0 Å². The first-order chi connectivity index (χ1) is 13.5. The molecule has 0 aliphatic carbocycles. The van der Waals surface area contributed by atoms with Crippen molar-refractivity contribution >= 4 is 23.5 Å². The van der Waals surface area contributed by atoms with Crippen molar-refractivity contribution in [3.63, 3.8) is 0 Å². The van der Waals surface area contributed by atoms with Crippen LogP contribution in [0.2, 0.25) is 0 Å². The van der Waals surface area contributed by atoms with E-state index in [1.165, 1.54) is 12.1 Å². The smallest absolute Gasteiger partial charge is 0.345 e. The normalized spacial score (nSPS) is 10.1. The summed E-state index contributed by atoms with van der Waals surface area (Å²) >= 11 is 0. The molecule has 0 amide bonds. The summed E-state index contributed by atoms with van der Waals surface area (Å²) in [4.78, 5) is 24.0. The molecule has 0 atom stereocenters. The highest BCUT2D eigenvalue weighted by Crippen LogP contribution is 2.20. The molecule has 140 valence electrons. The Morgan fingerprint density at radius 3 is 2.18 bits per heavy atom.